The number of ether oxygens (including phenoxy) is 2. The highest BCUT2D eigenvalue weighted by Gasteiger charge is 2.19. The van der Waals surface area contributed by atoms with Gasteiger partial charge in [-0.25, -0.2) is 0 Å². The fourth-order valence-electron chi connectivity index (χ4n) is 3.22. The predicted octanol–water partition coefficient (Wildman–Crippen LogP) is 5.56. The van der Waals surface area contributed by atoms with Crippen LogP contribution in [-0.2, 0) is 0 Å². The van der Waals surface area contributed by atoms with Crippen molar-refractivity contribution < 1.29 is 9.47 Å². The van der Waals surface area contributed by atoms with Crippen LogP contribution in [0.25, 0.3) is 27.5 Å². The quantitative estimate of drug-likeness (QED) is 0.463. The van der Waals surface area contributed by atoms with Gasteiger partial charge in [-0.05, 0) is 40.2 Å². The van der Waals surface area contributed by atoms with Crippen LogP contribution >= 0.6 is 15.9 Å². The van der Waals surface area contributed by atoms with Crippen LogP contribution in [0, 0.1) is 0 Å². The number of aromatic nitrogens is 1. The fraction of sp³-hybridized carbons (Fsp3) is 0.100. The Labute approximate surface area is 148 Å². The van der Waals surface area contributed by atoms with Gasteiger partial charge < -0.3 is 14.0 Å². The molecular formula is C20H16BrNO2. The van der Waals surface area contributed by atoms with Gasteiger partial charge in [0, 0.05) is 10.8 Å². The summed E-state index contributed by atoms with van der Waals surface area (Å²) in [6, 6.07) is 20.6. The molecule has 4 aromatic rings. The molecule has 3 nitrogen and oxygen atoms in total. The molecule has 1 heterocycles. The van der Waals surface area contributed by atoms with Gasteiger partial charge >= 0.3 is 0 Å². The number of halogens is 1. The summed E-state index contributed by atoms with van der Waals surface area (Å²) in [5, 5.41) is 2.43. The molecule has 0 saturated carbocycles. The summed E-state index contributed by atoms with van der Waals surface area (Å²) in [7, 11) is 3.36. The van der Waals surface area contributed by atoms with Gasteiger partial charge in [0.25, 0.3) is 0 Å². The van der Waals surface area contributed by atoms with Gasteiger partial charge in [-0.15, -0.1) is 0 Å². The third kappa shape index (κ3) is 2.10. The molecule has 24 heavy (non-hydrogen) atoms. The van der Waals surface area contributed by atoms with Crippen LogP contribution in [0.1, 0.15) is 0 Å². The maximum atomic E-state index is 5.64. The van der Waals surface area contributed by atoms with E-state index in [1.54, 1.807) is 14.2 Å². The van der Waals surface area contributed by atoms with Gasteiger partial charge in [-0.3, -0.25) is 0 Å². The van der Waals surface area contributed by atoms with Crippen molar-refractivity contribution in [1.82, 2.24) is 4.57 Å². The lowest BCUT2D eigenvalue weighted by Gasteiger charge is -2.16. The highest BCUT2D eigenvalue weighted by atomic mass is 79.9. The van der Waals surface area contributed by atoms with Crippen LogP contribution < -0.4 is 9.47 Å². The van der Waals surface area contributed by atoms with Crippen molar-refractivity contribution in [2.75, 3.05) is 14.2 Å². The van der Waals surface area contributed by atoms with E-state index in [-0.39, 0.29) is 0 Å². The Bertz CT molecular complexity index is 999. The Kier molecular flexibility index (Phi) is 3.69. The van der Waals surface area contributed by atoms with Crippen molar-refractivity contribution in [3.05, 3.63) is 65.1 Å². The van der Waals surface area contributed by atoms with Crippen LogP contribution in [0.2, 0.25) is 0 Å². The van der Waals surface area contributed by atoms with E-state index < -0.39 is 0 Å². The number of methoxy groups -OCH3 is 2. The number of nitrogens with zero attached hydrogens (tertiary/aromatic N) is 1. The van der Waals surface area contributed by atoms with E-state index in [0.717, 1.165) is 32.7 Å². The molecular weight excluding hydrogens is 366 g/mol. The number of hydrogen-bond donors (Lipinski definition) is 0. The number of hydrogen-bond acceptors (Lipinski definition) is 2. The zero-order valence-electron chi connectivity index (χ0n) is 13.4. The lowest BCUT2D eigenvalue weighted by Crippen LogP contribution is -2.00. The van der Waals surface area contributed by atoms with E-state index in [2.05, 4.69) is 69.0 Å². The average Bonchev–Trinajstić information content (AvgIpc) is 2.96. The molecule has 0 N–H and O–H groups in total. The predicted molar refractivity (Wildman–Crippen MR) is 102 cm³/mol. The smallest absolute Gasteiger partial charge is 0.144 e. The number of benzene rings is 3. The Balaban J connectivity index is 2.21. The van der Waals surface area contributed by atoms with Crippen molar-refractivity contribution in [2.24, 2.45) is 0 Å². The lowest BCUT2D eigenvalue weighted by atomic mass is 10.2. The molecule has 0 aliphatic rings. The molecule has 3 aromatic carbocycles. The van der Waals surface area contributed by atoms with Crippen LogP contribution in [-0.4, -0.2) is 18.8 Å². The van der Waals surface area contributed by atoms with Gasteiger partial charge in [-0.2, -0.15) is 0 Å². The highest BCUT2D eigenvalue weighted by Crippen LogP contribution is 2.42. The summed E-state index contributed by atoms with van der Waals surface area (Å²) in [5.41, 5.74) is 3.20. The topological polar surface area (TPSA) is 23.4 Å². The first kappa shape index (κ1) is 15.1. The van der Waals surface area contributed by atoms with E-state index in [9.17, 15) is 0 Å². The first-order valence-corrected chi connectivity index (χ1v) is 8.44. The molecule has 0 amide bonds. The molecule has 0 saturated heterocycles. The number of para-hydroxylation sites is 2. The molecule has 4 rings (SSSR count). The Morgan fingerprint density at radius 2 is 1.21 bits per heavy atom. The number of fused-ring (bicyclic) bond motifs is 3. The monoisotopic (exact) mass is 381 g/mol. The Morgan fingerprint density at radius 1 is 0.708 bits per heavy atom. The van der Waals surface area contributed by atoms with Crippen molar-refractivity contribution in [1.29, 1.82) is 0 Å². The molecule has 0 radical (unpaired) electrons. The fourth-order valence-corrected chi connectivity index (χ4v) is 3.89. The second-order valence-corrected chi connectivity index (χ2v) is 6.30. The standard InChI is InChI=1S/C20H16BrNO2/c1-23-17-11-12-18(24-2)20(19(17)21)22-15-9-5-3-7-13(15)14-8-4-6-10-16(14)22/h3-12H,1-2H3. The van der Waals surface area contributed by atoms with Gasteiger partial charge in [-0.1, -0.05) is 36.4 Å². The maximum absolute atomic E-state index is 5.64. The zero-order chi connectivity index (χ0) is 16.7. The normalized spacial score (nSPS) is 11.1. The van der Waals surface area contributed by atoms with Crippen LogP contribution in [0.4, 0.5) is 0 Å². The third-order valence-electron chi connectivity index (χ3n) is 4.29. The lowest BCUT2D eigenvalue weighted by molar-refractivity contribution is 0.400. The van der Waals surface area contributed by atoms with E-state index in [0.29, 0.717) is 0 Å². The Hall–Kier alpha value is -2.46. The van der Waals surface area contributed by atoms with Crippen LogP contribution in [0.3, 0.4) is 0 Å². The molecule has 4 heteroatoms. The number of rotatable bonds is 3. The van der Waals surface area contributed by atoms with Crippen molar-refractivity contribution in [2.45, 2.75) is 0 Å². The third-order valence-corrected chi connectivity index (χ3v) is 5.05. The molecule has 0 atom stereocenters. The summed E-state index contributed by atoms with van der Waals surface area (Å²) in [6.07, 6.45) is 0. The van der Waals surface area contributed by atoms with Gasteiger partial charge in [0.2, 0.25) is 0 Å². The molecule has 0 aliphatic carbocycles. The molecule has 0 fully saturated rings. The van der Waals surface area contributed by atoms with E-state index in [4.69, 9.17) is 9.47 Å². The maximum Gasteiger partial charge on any atom is 0.144 e. The molecule has 1 aromatic heterocycles. The minimum absolute atomic E-state index is 0.771. The molecule has 0 bridgehead atoms. The summed E-state index contributed by atoms with van der Waals surface area (Å²) in [5.74, 6) is 1.56. The van der Waals surface area contributed by atoms with Crippen molar-refractivity contribution in [3.8, 4) is 17.2 Å². The minimum Gasteiger partial charge on any atom is -0.495 e. The first-order chi connectivity index (χ1) is 11.8. The molecule has 0 unspecified atom stereocenters. The SMILES string of the molecule is COc1ccc(OC)c(-n2c3ccccc3c3ccccc32)c1Br. The summed E-state index contributed by atoms with van der Waals surface area (Å²) in [4.78, 5) is 0. The van der Waals surface area contributed by atoms with Crippen molar-refractivity contribution in [3.63, 3.8) is 0 Å². The average molecular weight is 382 g/mol. The minimum atomic E-state index is 0.771. The van der Waals surface area contributed by atoms with Gasteiger partial charge in [0.1, 0.15) is 17.2 Å². The first-order valence-electron chi connectivity index (χ1n) is 7.65. The summed E-state index contributed by atoms with van der Waals surface area (Å²) in [6.45, 7) is 0. The molecule has 0 spiro atoms. The molecule has 120 valence electrons. The molecule has 0 aliphatic heterocycles. The van der Waals surface area contributed by atoms with E-state index in [1.807, 2.05) is 12.1 Å². The zero-order valence-corrected chi connectivity index (χ0v) is 15.0. The van der Waals surface area contributed by atoms with Gasteiger partial charge in [0.15, 0.2) is 0 Å². The van der Waals surface area contributed by atoms with E-state index >= 15 is 0 Å². The van der Waals surface area contributed by atoms with Crippen molar-refractivity contribution >= 4 is 37.7 Å². The second kappa shape index (κ2) is 5.87. The van der Waals surface area contributed by atoms with Gasteiger partial charge in [0.05, 0.1) is 29.7 Å². The van der Waals surface area contributed by atoms with E-state index in [1.165, 1.54) is 10.8 Å². The highest BCUT2D eigenvalue weighted by molar-refractivity contribution is 9.10. The second-order valence-electron chi connectivity index (χ2n) is 5.50. The Morgan fingerprint density at radius 3 is 1.75 bits per heavy atom. The van der Waals surface area contributed by atoms with Crippen LogP contribution in [0.15, 0.2) is 65.1 Å². The largest absolute Gasteiger partial charge is 0.495 e. The van der Waals surface area contributed by atoms with Crippen LogP contribution in [0.5, 0.6) is 11.5 Å². The summed E-state index contributed by atoms with van der Waals surface area (Å²) < 4.78 is 14.2. The summed E-state index contributed by atoms with van der Waals surface area (Å²) >= 11 is 3.70.